The number of aryl methyl sites for hydroxylation is 1. The van der Waals surface area contributed by atoms with Gasteiger partial charge in [-0.15, -0.1) is 0 Å². The van der Waals surface area contributed by atoms with Crippen molar-refractivity contribution >= 4 is 5.97 Å². The van der Waals surface area contributed by atoms with Gasteiger partial charge in [-0.05, 0) is 53.4 Å². The molecule has 0 aliphatic heterocycles. The number of hydrogen-bond acceptors (Lipinski definition) is 1. The lowest BCUT2D eigenvalue weighted by Crippen LogP contribution is -2.07. The molecule has 26 heavy (non-hydrogen) atoms. The van der Waals surface area contributed by atoms with Crippen LogP contribution in [0.3, 0.4) is 0 Å². The summed E-state index contributed by atoms with van der Waals surface area (Å²) >= 11 is 0. The van der Waals surface area contributed by atoms with Crippen molar-refractivity contribution in [2.24, 2.45) is 0 Å². The van der Waals surface area contributed by atoms with Crippen LogP contribution in [0, 0.1) is 6.92 Å². The highest BCUT2D eigenvalue weighted by Crippen LogP contribution is 2.38. The number of alkyl halides is 3. The quantitative estimate of drug-likeness (QED) is 0.621. The second-order valence-corrected chi connectivity index (χ2v) is 6.01. The first-order chi connectivity index (χ1) is 12.3. The molecule has 5 heteroatoms. The molecule has 0 amide bonds. The van der Waals surface area contributed by atoms with Gasteiger partial charge in [-0.2, -0.15) is 13.2 Å². The Balaban J connectivity index is 2.23. The molecule has 0 aromatic heterocycles. The van der Waals surface area contributed by atoms with E-state index in [-0.39, 0.29) is 16.7 Å². The smallest absolute Gasteiger partial charge is 0.417 e. The van der Waals surface area contributed by atoms with Crippen molar-refractivity contribution in [2.75, 3.05) is 0 Å². The number of carboxylic acids is 1. The first-order valence-electron chi connectivity index (χ1n) is 7.88. The first-order valence-corrected chi connectivity index (χ1v) is 7.88. The van der Waals surface area contributed by atoms with Gasteiger partial charge in [0.1, 0.15) is 0 Å². The minimum atomic E-state index is -4.53. The van der Waals surface area contributed by atoms with E-state index in [1.54, 1.807) is 6.07 Å². The average Bonchev–Trinajstić information content (AvgIpc) is 2.61. The van der Waals surface area contributed by atoms with Gasteiger partial charge in [-0.1, -0.05) is 48.0 Å². The lowest BCUT2D eigenvalue weighted by molar-refractivity contribution is -0.137. The van der Waals surface area contributed by atoms with Gasteiger partial charge in [-0.25, -0.2) is 4.79 Å². The molecule has 0 heterocycles. The Bertz CT molecular complexity index is 958. The van der Waals surface area contributed by atoms with Crippen molar-refractivity contribution < 1.29 is 23.1 Å². The van der Waals surface area contributed by atoms with Gasteiger partial charge < -0.3 is 5.11 Å². The summed E-state index contributed by atoms with van der Waals surface area (Å²) < 4.78 is 40.0. The molecule has 0 bridgehead atoms. The highest BCUT2D eigenvalue weighted by molar-refractivity contribution is 5.92. The van der Waals surface area contributed by atoms with E-state index in [1.165, 1.54) is 30.3 Å². The standard InChI is InChI=1S/C21H15F3O2/c1-13-6-8-14(9-7-13)15-10-16(12-17(11-15)20(25)26)18-4-2-3-5-19(18)21(22,23)24/h2-12H,1H3,(H,25,26). The van der Waals surface area contributed by atoms with Crippen LogP contribution in [0.1, 0.15) is 21.5 Å². The molecule has 0 atom stereocenters. The van der Waals surface area contributed by atoms with E-state index < -0.39 is 17.7 Å². The number of benzene rings is 3. The maximum absolute atomic E-state index is 13.3. The van der Waals surface area contributed by atoms with Crippen molar-refractivity contribution in [2.45, 2.75) is 13.1 Å². The molecule has 132 valence electrons. The minimum absolute atomic E-state index is 0.0449. The lowest BCUT2D eigenvalue weighted by atomic mass is 9.93. The Kier molecular flexibility index (Phi) is 4.55. The number of halogens is 3. The molecular formula is C21H15F3O2. The molecule has 3 rings (SSSR count). The molecule has 0 aliphatic rings. The molecule has 0 radical (unpaired) electrons. The summed E-state index contributed by atoms with van der Waals surface area (Å²) in [7, 11) is 0. The maximum Gasteiger partial charge on any atom is 0.417 e. The zero-order chi connectivity index (χ0) is 18.9. The summed E-state index contributed by atoms with van der Waals surface area (Å²) in [6.45, 7) is 1.92. The van der Waals surface area contributed by atoms with Crippen LogP contribution in [0.15, 0.2) is 66.7 Å². The molecule has 0 aliphatic carbocycles. The monoisotopic (exact) mass is 356 g/mol. The van der Waals surface area contributed by atoms with Gasteiger partial charge in [-0.3, -0.25) is 0 Å². The minimum Gasteiger partial charge on any atom is -0.478 e. The van der Waals surface area contributed by atoms with Gasteiger partial charge >= 0.3 is 12.1 Å². The van der Waals surface area contributed by atoms with Gasteiger partial charge in [0.15, 0.2) is 0 Å². The van der Waals surface area contributed by atoms with Gasteiger partial charge in [0.2, 0.25) is 0 Å². The predicted octanol–water partition coefficient (Wildman–Crippen LogP) is 6.05. The van der Waals surface area contributed by atoms with Gasteiger partial charge in [0.25, 0.3) is 0 Å². The number of carboxylic acid groups (broad SMARTS) is 1. The Hall–Kier alpha value is -3.08. The van der Waals surface area contributed by atoms with Crippen LogP contribution >= 0.6 is 0 Å². The van der Waals surface area contributed by atoms with E-state index in [9.17, 15) is 23.1 Å². The van der Waals surface area contributed by atoms with Gasteiger partial charge in [0.05, 0.1) is 11.1 Å². The number of carbonyl (C=O) groups is 1. The number of aromatic carboxylic acids is 1. The van der Waals surface area contributed by atoms with Crippen molar-refractivity contribution in [1.29, 1.82) is 0 Å². The van der Waals surface area contributed by atoms with Crippen LogP contribution in [-0.2, 0) is 6.18 Å². The molecular weight excluding hydrogens is 341 g/mol. The van der Waals surface area contributed by atoms with E-state index in [4.69, 9.17) is 0 Å². The van der Waals surface area contributed by atoms with Crippen molar-refractivity contribution in [3.63, 3.8) is 0 Å². The summed E-state index contributed by atoms with van der Waals surface area (Å²) in [6, 6.07) is 16.8. The largest absolute Gasteiger partial charge is 0.478 e. The Morgan fingerprint density at radius 1 is 0.846 bits per heavy atom. The van der Waals surface area contributed by atoms with Crippen molar-refractivity contribution in [3.8, 4) is 22.3 Å². The summed E-state index contributed by atoms with van der Waals surface area (Å²) in [5.74, 6) is -1.19. The normalized spacial score (nSPS) is 11.4. The third kappa shape index (κ3) is 3.61. The Morgan fingerprint density at radius 3 is 2.08 bits per heavy atom. The molecule has 0 spiro atoms. The highest BCUT2D eigenvalue weighted by Gasteiger charge is 2.33. The fraction of sp³-hybridized carbons (Fsp3) is 0.0952. The number of rotatable bonds is 3. The van der Waals surface area contributed by atoms with Gasteiger partial charge in [0, 0.05) is 0 Å². The summed E-state index contributed by atoms with van der Waals surface area (Å²) in [5, 5.41) is 9.38. The molecule has 0 fully saturated rings. The lowest BCUT2D eigenvalue weighted by Gasteiger charge is -2.14. The molecule has 0 saturated carbocycles. The van der Waals surface area contributed by atoms with Crippen LogP contribution in [0.5, 0.6) is 0 Å². The van der Waals surface area contributed by atoms with E-state index >= 15 is 0 Å². The van der Waals surface area contributed by atoms with Crippen LogP contribution in [0.2, 0.25) is 0 Å². The Morgan fingerprint density at radius 2 is 1.46 bits per heavy atom. The molecule has 2 nitrogen and oxygen atoms in total. The third-order valence-electron chi connectivity index (χ3n) is 4.11. The van der Waals surface area contributed by atoms with Crippen LogP contribution in [-0.4, -0.2) is 11.1 Å². The number of hydrogen-bond donors (Lipinski definition) is 1. The second kappa shape index (κ2) is 6.67. The van der Waals surface area contributed by atoms with Crippen LogP contribution < -0.4 is 0 Å². The predicted molar refractivity (Wildman–Crippen MR) is 94.0 cm³/mol. The fourth-order valence-electron chi connectivity index (χ4n) is 2.80. The zero-order valence-electron chi connectivity index (χ0n) is 13.8. The fourth-order valence-corrected chi connectivity index (χ4v) is 2.80. The molecule has 0 unspecified atom stereocenters. The summed E-state index contributed by atoms with van der Waals surface area (Å²) in [4.78, 5) is 11.5. The Labute approximate surface area is 148 Å². The topological polar surface area (TPSA) is 37.3 Å². The summed E-state index contributed by atoms with van der Waals surface area (Å²) in [5.41, 5.74) is 1.64. The third-order valence-corrected chi connectivity index (χ3v) is 4.11. The highest BCUT2D eigenvalue weighted by atomic mass is 19.4. The maximum atomic E-state index is 13.3. The first kappa shape index (κ1) is 17.7. The van der Waals surface area contributed by atoms with Crippen molar-refractivity contribution in [3.05, 3.63) is 83.4 Å². The average molecular weight is 356 g/mol. The van der Waals surface area contributed by atoms with E-state index in [1.807, 2.05) is 31.2 Å². The second-order valence-electron chi connectivity index (χ2n) is 6.01. The van der Waals surface area contributed by atoms with E-state index in [2.05, 4.69) is 0 Å². The summed E-state index contributed by atoms with van der Waals surface area (Å²) in [6.07, 6.45) is -4.53. The van der Waals surface area contributed by atoms with Crippen molar-refractivity contribution in [1.82, 2.24) is 0 Å². The van der Waals surface area contributed by atoms with Crippen LogP contribution in [0.4, 0.5) is 13.2 Å². The zero-order valence-corrected chi connectivity index (χ0v) is 13.8. The van der Waals surface area contributed by atoms with Crippen LogP contribution in [0.25, 0.3) is 22.3 Å². The molecule has 0 saturated heterocycles. The molecule has 1 N–H and O–H groups in total. The van der Waals surface area contributed by atoms with E-state index in [0.717, 1.165) is 17.2 Å². The molecule has 3 aromatic rings. The molecule has 3 aromatic carbocycles. The SMILES string of the molecule is Cc1ccc(-c2cc(C(=O)O)cc(-c3ccccc3C(F)(F)F)c2)cc1. The van der Waals surface area contributed by atoms with E-state index in [0.29, 0.717) is 5.56 Å².